The monoisotopic (exact) mass is 352 g/mol. The standard InChI is InChI=1S/C16H17F5O3/c1-24-12-5-6-13-10(7-12)3-2-4-11(13)8-14(23,9-22)15(17,18)16(19,20)21/h5-7,9,11,23H,2-4,8H2,1H3. The molecule has 134 valence electrons. The highest BCUT2D eigenvalue weighted by atomic mass is 19.4. The van der Waals surface area contributed by atoms with Crippen molar-refractivity contribution in [1.82, 2.24) is 0 Å². The third-order valence-corrected chi connectivity index (χ3v) is 4.44. The van der Waals surface area contributed by atoms with E-state index >= 15 is 0 Å². The zero-order chi connectivity index (χ0) is 18.2. The van der Waals surface area contributed by atoms with Crippen molar-refractivity contribution < 1.29 is 36.6 Å². The Morgan fingerprint density at radius 3 is 2.50 bits per heavy atom. The molecular weight excluding hydrogens is 335 g/mol. The molecule has 0 fully saturated rings. The molecule has 24 heavy (non-hydrogen) atoms. The van der Waals surface area contributed by atoms with Crippen LogP contribution in [0.5, 0.6) is 5.75 Å². The van der Waals surface area contributed by atoms with E-state index in [4.69, 9.17) is 4.74 Å². The number of carbonyl (C=O) groups is 1. The summed E-state index contributed by atoms with van der Waals surface area (Å²) in [5.41, 5.74) is -2.49. The first-order valence-electron chi connectivity index (χ1n) is 7.36. The van der Waals surface area contributed by atoms with Gasteiger partial charge in [0.2, 0.25) is 0 Å². The maximum atomic E-state index is 13.6. The molecule has 2 rings (SSSR count). The molecule has 0 saturated carbocycles. The maximum Gasteiger partial charge on any atom is 0.456 e. The number of halogens is 5. The molecule has 0 heterocycles. The van der Waals surface area contributed by atoms with Gasteiger partial charge in [-0.25, -0.2) is 0 Å². The van der Waals surface area contributed by atoms with Gasteiger partial charge in [-0.1, -0.05) is 6.07 Å². The summed E-state index contributed by atoms with van der Waals surface area (Å²) in [5, 5.41) is 9.80. The van der Waals surface area contributed by atoms with Crippen molar-refractivity contribution in [3.63, 3.8) is 0 Å². The number of ether oxygens (including phenoxy) is 1. The van der Waals surface area contributed by atoms with Crippen molar-refractivity contribution >= 4 is 6.29 Å². The molecule has 0 amide bonds. The Morgan fingerprint density at radius 2 is 1.96 bits per heavy atom. The van der Waals surface area contributed by atoms with Crippen LogP contribution in [-0.4, -0.2) is 36.2 Å². The lowest BCUT2D eigenvalue weighted by Crippen LogP contribution is -2.58. The largest absolute Gasteiger partial charge is 0.497 e. The molecule has 2 unspecified atom stereocenters. The average Bonchev–Trinajstić information content (AvgIpc) is 2.53. The molecule has 1 aromatic rings. The molecule has 3 nitrogen and oxygen atoms in total. The second-order valence-electron chi connectivity index (χ2n) is 5.97. The fraction of sp³-hybridized carbons (Fsp3) is 0.562. The SMILES string of the molecule is COc1ccc2c(c1)CCCC2CC(O)(C=O)C(F)(F)C(F)(F)F. The molecule has 1 N–H and O–H groups in total. The lowest BCUT2D eigenvalue weighted by atomic mass is 9.75. The molecule has 0 radical (unpaired) electrons. The van der Waals surface area contributed by atoms with Gasteiger partial charge in [0, 0.05) is 0 Å². The van der Waals surface area contributed by atoms with E-state index in [2.05, 4.69) is 0 Å². The van der Waals surface area contributed by atoms with Crippen LogP contribution in [0.3, 0.4) is 0 Å². The second-order valence-corrected chi connectivity index (χ2v) is 5.97. The van der Waals surface area contributed by atoms with Crippen molar-refractivity contribution in [2.45, 2.75) is 49.3 Å². The van der Waals surface area contributed by atoms with Crippen LogP contribution in [-0.2, 0) is 11.2 Å². The Kier molecular flexibility index (Phi) is 4.90. The smallest absolute Gasteiger partial charge is 0.456 e. The highest BCUT2D eigenvalue weighted by molar-refractivity contribution is 5.65. The predicted octanol–water partition coefficient (Wildman–Crippen LogP) is 3.63. The summed E-state index contributed by atoms with van der Waals surface area (Å²) in [6.45, 7) is 0. The normalized spacial score (nSPS) is 20.9. The van der Waals surface area contributed by atoms with Crippen molar-refractivity contribution in [2.75, 3.05) is 7.11 Å². The van der Waals surface area contributed by atoms with Crippen LogP contribution in [0.2, 0.25) is 0 Å². The van der Waals surface area contributed by atoms with Crippen molar-refractivity contribution in [1.29, 1.82) is 0 Å². The van der Waals surface area contributed by atoms with Gasteiger partial charge in [0.05, 0.1) is 7.11 Å². The second kappa shape index (κ2) is 6.31. The van der Waals surface area contributed by atoms with E-state index in [0.29, 0.717) is 30.6 Å². The predicted molar refractivity (Wildman–Crippen MR) is 75.3 cm³/mol. The van der Waals surface area contributed by atoms with Gasteiger partial charge in [-0.15, -0.1) is 0 Å². The fourth-order valence-corrected chi connectivity index (χ4v) is 3.10. The van der Waals surface area contributed by atoms with Crippen LogP contribution in [0, 0.1) is 0 Å². The van der Waals surface area contributed by atoms with Crippen LogP contribution < -0.4 is 4.74 Å². The number of methoxy groups -OCH3 is 1. The van der Waals surface area contributed by atoms with Crippen molar-refractivity contribution in [2.24, 2.45) is 0 Å². The number of benzene rings is 1. The summed E-state index contributed by atoms with van der Waals surface area (Å²) in [7, 11) is 1.46. The summed E-state index contributed by atoms with van der Waals surface area (Å²) in [6, 6.07) is 4.83. The summed E-state index contributed by atoms with van der Waals surface area (Å²) in [5.74, 6) is -5.75. The number of rotatable bonds is 5. The molecule has 0 saturated heterocycles. The average molecular weight is 352 g/mol. The van der Waals surface area contributed by atoms with Gasteiger partial charge in [-0.05, 0) is 54.9 Å². The summed E-state index contributed by atoms with van der Waals surface area (Å²) < 4.78 is 70.0. The zero-order valence-corrected chi connectivity index (χ0v) is 12.9. The van der Waals surface area contributed by atoms with Crippen LogP contribution in [0.1, 0.15) is 36.3 Å². The van der Waals surface area contributed by atoms with Crippen molar-refractivity contribution in [3.05, 3.63) is 29.3 Å². The number of aryl methyl sites for hydroxylation is 1. The van der Waals surface area contributed by atoms with Gasteiger partial charge in [-0.3, -0.25) is 4.79 Å². The minimum atomic E-state index is -6.01. The molecule has 0 spiro atoms. The first kappa shape index (κ1) is 18.6. The number of aliphatic hydroxyl groups is 1. The lowest BCUT2D eigenvalue weighted by molar-refractivity contribution is -0.332. The van der Waals surface area contributed by atoms with E-state index < -0.39 is 36.3 Å². The number of aldehydes is 1. The maximum absolute atomic E-state index is 13.6. The van der Waals surface area contributed by atoms with E-state index in [1.807, 2.05) is 0 Å². The van der Waals surface area contributed by atoms with Gasteiger partial charge < -0.3 is 9.84 Å². The number of hydrogen-bond acceptors (Lipinski definition) is 3. The molecule has 0 aromatic heterocycles. The molecule has 0 aliphatic heterocycles. The summed E-state index contributed by atoms with van der Waals surface area (Å²) >= 11 is 0. The minimum Gasteiger partial charge on any atom is -0.497 e. The quantitative estimate of drug-likeness (QED) is 0.650. The third-order valence-electron chi connectivity index (χ3n) is 4.44. The van der Waals surface area contributed by atoms with Gasteiger partial charge in [0.25, 0.3) is 0 Å². The molecule has 8 heteroatoms. The van der Waals surface area contributed by atoms with Gasteiger partial charge >= 0.3 is 12.1 Å². The minimum absolute atomic E-state index is 0.309. The first-order chi connectivity index (χ1) is 11.1. The summed E-state index contributed by atoms with van der Waals surface area (Å²) in [6.07, 6.45) is -6.22. The van der Waals surface area contributed by atoms with E-state index in [9.17, 15) is 31.9 Å². The number of alkyl halides is 5. The van der Waals surface area contributed by atoms with Crippen molar-refractivity contribution in [3.8, 4) is 5.75 Å². The van der Waals surface area contributed by atoms with Gasteiger partial charge in [0.15, 0.2) is 11.9 Å². The molecule has 0 bridgehead atoms. The van der Waals surface area contributed by atoms with Crippen LogP contribution in [0.4, 0.5) is 22.0 Å². The molecule has 1 aliphatic carbocycles. The highest BCUT2D eigenvalue weighted by Gasteiger charge is 2.70. The van der Waals surface area contributed by atoms with E-state index in [-0.39, 0.29) is 0 Å². The van der Waals surface area contributed by atoms with Gasteiger partial charge in [-0.2, -0.15) is 22.0 Å². The highest BCUT2D eigenvalue weighted by Crippen LogP contribution is 2.48. The van der Waals surface area contributed by atoms with Gasteiger partial charge in [0.1, 0.15) is 5.75 Å². The Balaban J connectivity index is 2.35. The van der Waals surface area contributed by atoms with Crippen LogP contribution in [0.15, 0.2) is 18.2 Å². The Morgan fingerprint density at radius 1 is 1.29 bits per heavy atom. The molecule has 1 aliphatic rings. The zero-order valence-electron chi connectivity index (χ0n) is 12.9. The number of hydrogen-bond donors (Lipinski definition) is 1. The Labute approximate surface area is 135 Å². The number of fused-ring (bicyclic) bond motifs is 1. The Hall–Kier alpha value is -1.70. The van der Waals surface area contributed by atoms with E-state index in [0.717, 1.165) is 5.56 Å². The third kappa shape index (κ3) is 3.11. The molecule has 2 atom stereocenters. The molecule has 1 aromatic carbocycles. The van der Waals surface area contributed by atoms with E-state index in [1.165, 1.54) is 7.11 Å². The first-order valence-corrected chi connectivity index (χ1v) is 7.36. The molecular formula is C16H17F5O3. The van der Waals surface area contributed by atoms with Crippen LogP contribution >= 0.6 is 0 Å². The van der Waals surface area contributed by atoms with E-state index in [1.54, 1.807) is 18.2 Å². The summed E-state index contributed by atoms with van der Waals surface area (Å²) in [4.78, 5) is 11.0. The van der Waals surface area contributed by atoms with Crippen LogP contribution in [0.25, 0.3) is 0 Å². The lowest BCUT2D eigenvalue weighted by Gasteiger charge is -2.36. The number of carbonyl (C=O) groups excluding carboxylic acids is 1. The fourth-order valence-electron chi connectivity index (χ4n) is 3.10. The topological polar surface area (TPSA) is 46.5 Å². The Bertz CT molecular complexity index is 614.